The van der Waals surface area contributed by atoms with Crippen molar-refractivity contribution in [2.45, 2.75) is 20.3 Å². The largest absolute Gasteiger partial charge is 0.341 e. The maximum atomic E-state index is 11.3. The molecular formula is C11H18N5O3+. The molecule has 0 aliphatic carbocycles. The second kappa shape index (κ2) is 5.68. The second-order valence-electron chi connectivity index (χ2n) is 4.48. The second-order valence-corrected chi connectivity index (χ2v) is 4.48. The Bertz CT molecular complexity index is 473. The zero-order valence-electron chi connectivity index (χ0n) is 11.1. The lowest BCUT2D eigenvalue weighted by Crippen LogP contribution is -2.60. The van der Waals surface area contributed by atoms with E-state index in [2.05, 4.69) is 10.6 Å². The number of aromatic nitrogens is 2. The fourth-order valence-electron chi connectivity index (χ4n) is 2.02. The van der Waals surface area contributed by atoms with Crippen LogP contribution in [0, 0.1) is 0 Å². The van der Waals surface area contributed by atoms with Crippen LogP contribution >= 0.6 is 0 Å². The van der Waals surface area contributed by atoms with E-state index >= 15 is 0 Å². The average molecular weight is 268 g/mol. The molecule has 8 heteroatoms. The van der Waals surface area contributed by atoms with Gasteiger partial charge in [0.25, 0.3) is 6.20 Å². The summed E-state index contributed by atoms with van der Waals surface area (Å²) in [6, 6.07) is 0. The molecule has 1 saturated heterocycles. The van der Waals surface area contributed by atoms with Gasteiger partial charge in [-0.05, 0) is 6.42 Å². The number of hydrogen-bond acceptors (Lipinski definition) is 5. The Morgan fingerprint density at radius 3 is 2.79 bits per heavy atom. The topological polar surface area (TPSA) is 82.6 Å². The van der Waals surface area contributed by atoms with E-state index in [-0.39, 0.29) is 11.8 Å². The average Bonchev–Trinajstić information content (AvgIpc) is 2.64. The lowest BCUT2D eigenvalue weighted by Gasteiger charge is -2.16. The van der Waals surface area contributed by atoms with Crippen molar-refractivity contribution in [1.82, 2.24) is 10.2 Å². The highest BCUT2D eigenvalue weighted by Crippen LogP contribution is 2.03. The van der Waals surface area contributed by atoms with E-state index in [1.165, 1.54) is 6.92 Å². The van der Waals surface area contributed by atoms with E-state index in [1.807, 2.05) is 9.91 Å². The van der Waals surface area contributed by atoms with Crippen LogP contribution in [0.2, 0.25) is 0 Å². The van der Waals surface area contributed by atoms with Gasteiger partial charge in [-0.3, -0.25) is 19.4 Å². The molecule has 0 radical (unpaired) electrons. The van der Waals surface area contributed by atoms with Crippen molar-refractivity contribution in [2.75, 3.05) is 36.5 Å². The van der Waals surface area contributed by atoms with Gasteiger partial charge in [-0.2, -0.15) is 5.01 Å². The van der Waals surface area contributed by atoms with Gasteiger partial charge in [0.05, 0.1) is 17.9 Å². The Kier molecular flexibility index (Phi) is 3.98. The third-order valence-electron chi connectivity index (χ3n) is 2.96. The third kappa shape index (κ3) is 3.43. The van der Waals surface area contributed by atoms with E-state index in [4.69, 9.17) is 4.52 Å². The molecule has 1 aliphatic rings. The Labute approximate surface area is 110 Å². The molecule has 104 valence electrons. The molecule has 1 N–H and O–H groups in total. The number of carbonyl (C=O) groups excluding carboxylic acids is 2. The van der Waals surface area contributed by atoms with Gasteiger partial charge in [0.1, 0.15) is 0 Å². The minimum atomic E-state index is -0.207. The zero-order valence-corrected chi connectivity index (χ0v) is 11.1. The summed E-state index contributed by atoms with van der Waals surface area (Å²) in [7, 11) is 0. The van der Waals surface area contributed by atoms with Crippen LogP contribution in [0.25, 0.3) is 0 Å². The minimum Gasteiger partial charge on any atom is -0.341 e. The number of nitrogens with one attached hydrogen (secondary N) is 1. The van der Waals surface area contributed by atoms with E-state index in [1.54, 1.807) is 17.9 Å². The fraction of sp³-hybridized carbons (Fsp3) is 0.636. The molecule has 1 aromatic heterocycles. The molecule has 0 bridgehead atoms. The molecule has 0 spiro atoms. The molecule has 2 rings (SSSR count). The summed E-state index contributed by atoms with van der Waals surface area (Å²) in [5, 5.41) is 8.35. The Balaban J connectivity index is 2.00. The number of carbonyl (C=O) groups is 2. The van der Waals surface area contributed by atoms with E-state index < -0.39 is 0 Å². The maximum Gasteiger partial charge on any atom is 0.305 e. The van der Waals surface area contributed by atoms with Gasteiger partial charge >= 0.3 is 5.88 Å². The summed E-state index contributed by atoms with van der Waals surface area (Å²) in [5.74, 6) is 0.188. The van der Waals surface area contributed by atoms with Crippen molar-refractivity contribution >= 4 is 17.7 Å². The molecular weight excluding hydrogens is 250 g/mol. The maximum absolute atomic E-state index is 11.3. The Morgan fingerprint density at radius 2 is 2.11 bits per heavy atom. The van der Waals surface area contributed by atoms with Crippen LogP contribution in [-0.4, -0.2) is 48.2 Å². The predicted octanol–water partition coefficient (Wildman–Crippen LogP) is -0.889. The molecule has 8 nitrogen and oxygen atoms in total. The first-order chi connectivity index (χ1) is 9.06. The molecule has 1 aromatic rings. The highest BCUT2D eigenvalue weighted by molar-refractivity contribution is 5.86. The molecule has 19 heavy (non-hydrogen) atoms. The van der Waals surface area contributed by atoms with Crippen LogP contribution in [0.15, 0.2) is 10.7 Å². The quantitative estimate of drug-likeness (QED) is 0.704. The highest BCUT2D eigenvalue weighted by atomic mass is 16.5. The SMILES string of the molecule is CC(=O)Nc1c[n+](N2CCCN(C(C)=O)CC2)no1. The first-order valence-corrected chi connectivity index (χ1v) is 6.23. The third-order valence-corrected chi connectivity index (χ3v) is 2.96. The fourth-order valence-corrected chi connectivity index (χ4v) is 2.02. The van der Waals surface area contributed by atoms with Crippen molar-refractivity contribution in [1.29, 1.82) is 0 Å². The standard InChI is InChI=1S/C11H17N5O3/c1-9(17)12-11-8-16(13-19-11)15-5-3-4-14(6-7-15)10(2)18/h8H,3-7H2,1-2H3/p+1. The summed E-state index contributed by atoms with van der Waals surface area (Å²) in [6.07, 6.45) is 2.49. The molecule has 2 amide bonds. The van der Waals surface area contributed by atoms with E-state index in [9.17, 15) is 9.59 Å². The van der Waals surface area contributed by atoms with Crippen LogP contribution in [0.3, 0.4) is 0 Å². The number of anilines is 1. The molecule has 0 unspecified atom stereocenters. The number of rotatable bonds is 2. The summed E-state index contributed by atoms with van der Waals surface area (Å²) in [4.78, 5) is 25.6. The minimum absolute atomic E-state index is 0.0888. The van der Waals surface area contributed by atoms with Crippen LogP contribution in [0.1, 0.15) is 20.3 Å². The first-order valence-electron chi connectivity index (χ1n) is 6.23. The van der Waals surface area contributed by atoms with Crippen molar-refractivity contribution in [2.24, 2.45) is 0 Å². The van der Waals surface area contributed by atoms with Gasteiger partial charge in [0.2, 0.25) is 17.1 Å². The van der Waals surface area contributed by atoms with Crippen LogP contribution < -0.4 is 15.1 Å². The van der Waals surface area contributed by atoms with Crippen molar-refractivity contribution < 1.29 is 18.9 Å². The Hall–Kier alpha value is -2.12. The number of amides is 2. The van der Waals surface area contributed by atoms with Gasteiger partial charge in [0, 0.05) is 26.9 Å². The lowest BCUT2D eigenvalue weighted by molar-refractivity contribution is -0.758. The number of nitrogens with zero attached hydrogens (tertiary/aromatic N) is 4. The Morgan fingerprint density at radius 1 is 1.32 bits per heavy atom. The van der Waals surface area contributed by atoms with Crippen LogP contribution in [0.5, 0.6) is 0 Å². The van der Waals surface area contributed by atoms with Crippen molar-refractivity contribution in [3.63, 3.8) is 0 Å². The smallest absolute Gasteiger partial charge is 0.305 e. The first kappa shape index (κ1) is 13.3. The lowest BCUT2D eigenvalue weighted by atomic mass is 10.4. The summed E-state index contributed by atoms with van der Waals surface area (Å²) in [6.45, 7) is 5.85. The molecule has 1 aliphatic heterocycles. The predicted molar refractivity (Wildman–Crippen MR) is 65.8 cm³/mol. The molecule has 2 heterocycles. The van der Waals surface area contributed by atoms with Gasteiger partial charge in [-0.25, -0.2) is 0 Å². The number of hydrogen-bond donors (Lipinski definition) is 1. The molecule has 0 atom stereocenters. The van der Waals surface area contributed by atoms with E-state index in [0.29, 0.717) is 19.0 Å². The summed E-state index contributed by atoms with van der Waals surface area (Å²) < 4.78 is 5.00. The van der Waals surface area contributed by atoms with E-state index in [0.717, 1.165) is 19.5 Å². The van der Waals surface area contributed by atoms with Crippen LogP contribution in [0.4, 0.5) is 5.88 Å². The summed E-state index contributed by atoms with van der Waals surface area (Å²) in [5.41, 5.74) is 0. The monoisotopic (exact) mass is 268 g/mol. The molecule has 0 aromatic carbocycles. The van der Waals surface area contributed by atoms with Crippen molar-refractivity contribution in [3.8, 4) is 0 Å². The normalized spacial score (nSPS) is 16.1. The zero-order chi connectivity index (χ0) is 13.8. The van der Waals surface area contributed by atoms with Crippen molar-refractivity contribution in [3.05, 3.63) is 6.20 Å². The highest BCUT2D eigenvalue weighted by Gasteiger charge is 2.25. The molecule has 1 fully saturated rings. The van der Waals surface area contributed by atoms with Gasteiger partial charge in [-0.1, -0.05) is 0 Å². The van der Waals surface area contributed by atoms with Gasteiger partial charge in [-0.15, -0.1) is 0 Å². The van der Waals surface area contributed by atoms with Gasteiger partial charge in [0.15, 0.2) is 0 Å². The van der Waals surface area contributed by atoms with Gasteiger partial charge < -0.3 is 4.90 Å². The summed E-state index contributed by atoms with van der Waals surface area (Å²) >= 11 is 0. The molecule has 0 saturated carbocycles. The van der Waals surface area contributed by atoms with Crippen LogP contribution in [-0.2, 0) is 9.59 Å².